The molecule has 1 nitrogen and oxygen atoms in total. The summed E-state index contributed by atoms with van der Waals surface area (Å²) in [6.45, 7) is 8.42. The van der Waals surface area contributed by atoms with Crippen molar-refractivity contribution in [1.29, 1.82) is 0 Å². The van der Waals surface area contributed by atoms with Crippen molar-refractivity contribution in [2.45, 2.75) is 45.6 Å². The van der Waals surface area contributed by atoms with Crippen molar-refractivity contribution in [3.05, 3.63) is 47.5 Å². The maximum atomic E-state index is 4.09. The minimum absolute atomic E-state index is 0.558. The molecule has 0 saturated carbocycles. The largest absolute Gasteiger partial charge is 0.317 e. The summed E-state index contributed by atoms with van der Waals surface area (Å²) < 4.78 is 0. The Kier molecular flexibility index (Phi) is 5.99. The smallest absolute Gasteiger partial charge is 0.0104 e. The number of aryl methyl sites for hydroxylation is 2. The van der Waals surface area contributed by atoms with Crippen LogP contribution in [0.5, 0.6) is 0 Å². The quantitative estimate of drug-likeness (QED) is 0.702. The first kappa shape index (κ1) is 14.0. The first-order valence-electron chi connectivity index (χ1n) is 6.55. The van der Waals surface area contributed by atoms with Gasteiger partial charge in [0.1, 0.15) is 0 Å². The highest BCUT2D eigenvalue weighted by Crippen LogP contribution is 2.13. The summed E-state index contributed by atoms with van der Waals surface area (Å²) in [5.74, 6) is 0. The van der Waals surface area contributed by atoms with Crippen LogP contribution in [-0.2, 0) is 6.42 Å². The molecular weight excluding hydrogens is 206 g/mol. The molecule has 0 radical (unpaired) electrons. The SMILES string of the molecule is C=C(CC)CC(CCc1cccc(C)c1)NC. The van der Waals surface area contributed by atoms with Crippen LogP contribution in [-0.4, -0.2) is 13.1 Å². The lowest BCUT2D eigenvalue weighted by Crippen LogP contribution is -2.26. The highest BCUT2D eigenvalue weighted by molar-refractivity contribution is 5.22. The van der Waals surface area contributed by atoms with E-state index in [1.807, 2.05) is 7.05 Å². The minimum Gasteiger partial charge on any atom is -0.317 e. The minimum atomic E-state index is 0.558. The number of benzene rings is 1. The Morgan fingerprint density at radius 3 is 2.76 bits per heavy atom. The standard InChI is InChI=1S/C16H25N/c1-5-13(2)12-16(17-4)10-9-15-8-6-7-14(3)11-15/h6-8,11,16-17H,2,5,9-10,12H2,1,3-4H3. The maximum absolute atomic E-state index is 4.09. The maximum Gasteiger partial charge on any atom is 0.0104 e. The third kappa shape index (κ3) is 5.18. The van der Waals surface area contributed by atoms with Crippen LogP contribution in [0.25, 0.3) is 0 Å². The van der Waals surface area contributed by atoms with Gasteiger partial charge in [-0.15, -0.1) is 0 Å². The molecule has 0 heterocycles. The van der Waals surface area contributed by atoms with Crippen LogP contribution in [0.2, 0.25) is 0 Å². The zero-order valence-electron chi connectivity index (χ0n) is 11.4. The van der Waals surface area contributed by atoms with E-state index in [4.69, 9.17) is 0 Å². The fourth-order valence-electron chi connectivity index (χ4n) is 2.05. The lowest BCUT2D eigenvalue weighted by atomic mass is 9.98. The summed E-state index contributed by atoms with van der Waals surface area (Å²) in [6.07, 6.45) is 4.50. The van der Waals surface area contributed by atoms with Crippen molar-refractivity contribution in [2.75, 3.05) is 7.05 Å². The van der Waals surface area contributed by atoms with E-state index in [0.29, 0.717) is 6.04 Å². The summed E-state index contributed by atoms with van der Waals surface area (Å²) in [5.41, 5.74) is 4.13. The third-order valence-electron chi connectivity index (χ3n) is 3.31. The number of rotatable bonds is 7. The van der Waals surface area contributed by atoms with Crippen LogP contribution in [0, 0.1) is 6.92 Å². The highest BCUT2D eigenvalue weighted by Gasteiger charge is 2.07. The van der Waals surface area contributed by atoms with Crippen LogP contribution >= 0.6 is 0 Å². The second-order valence-electron chi connectivity index (χ2n) is 4.82. The summed E-state index contributed by atoms with van der Waals surface area (Å²) in [6, 6.07) is 9.35. The Bertz CT molecular complexity index is 354. The van der Waals surface area contributed by atoms with Crippen LogP contribution < -0.4 is 5.32 Å². The Morgan fingerprint density at radius 2 is 2.18 bits per heavy atom. The van der Waals surface area contributed by atoms with E-state index < -0.39 is 0 Å². The lowest BCUT2D eigenvalue weighted by molar-refractivity contribution is 0.514. The van der Waals surface area contributed by atoms with Crippen molar-refractivity contribution in [3.8, 4) is 0 Å². The number of hydrogen-bond donors (Lipinski definition) is 1. The van der Waals surface area contributed by atoms with Crippen molar-refractivity contribution in [2.24, 2.45) is 0 Å². The number of hydrogen-bond acceptors (Lipinski definition) is 1. The molecule has 0 amide bonds. The van der Waals surface area contributed by atoms with Gasteiger partial charge in [0, 0.05) is 6.04 Å². The number of nitrogens with one attached hydrogen (secondary N) is 1. The van der Waals surface area contributed by atoms with E-state index in [0.717, 1.165) is 19.3 Å². The van der Waals surface area contributed by atoms with Crippen LogP contribution in [0.3, 0.4) is 0 Å². The average Bonchev–Trinajstić information content (AvgIpc) is 2.34. The molecule has 1 heteroatoms. The van der Waals surface area contributed by atoms with Crippen LogP contribution in [0.15, 0.2) is 36.4 Å². The zero-order valence-corrected chi connectivity index (χ0v) is 11.4. The van der Waals surface area contributed by atoms with Crippen molar-refractivity contribution < 1.29 is 0 Å². The van der Waals surface area contributed by atoms with Crippen molar-refractivity contribution >= 4 is 0 Å². The van der Waals surface area contributed by atoms with Gasteiger partial charge in [-0.3, -0.25) is 0 Å². The van der Waals surface area contributed by atoms with E-state index in [-0.39, 0.29) is 0 Å². The molecule has 1 aromatic carbocycles. The molecule has 0 aliphatic carbocycles. The Labute approximate surface area is 106 Å². The van der Waals surface area contributed by atoms with E-state index >= 15 is 0 Å². The molecule has 0 aliphatic rings. The van der Waals surface area contributed by atoms with Gasteiger partial charge < -0.3 is 5.32 Å². The van der Waals surface area contributed by atoms with Gasteiger partial charge in [0.15, 0.2) is 0 Å². The summed E-state index contributed by atoms with van der Waals surface area (Å²) >= 11 is 0. The van der Waals surface area contributed by atoms with E-state index in [9.17, 15) is 0 Å². The van der Waals surface area contributed by atoms with Crippen molar-refractivity contribution in [1.82, 2.24) is 5.32 Å². The molecular formula is C16H25N. The normalized spacial score (nSPS) is 12.4. The van der Waals surface area contributed by atoms with Gasteiger partial charge in [-0.05, 0) is 45.2 Å². The van der Waals surface area contributed by atoms with E-state index in [1.165, 1.54) is 23.1 Å². The van der Waals surface area contributed by atoms with Crippen LogP contribution in [0.4, 0.5) is 0 Å². The molecule has 94 valence electrons. The van der Waals surface area contributed by atoms with Gasteiger partial charge in [0.2, 0.25) is 0 Å². The molecule has 0 saturated heterocycles. The fourth-order valence-corrected chi connectivity index (χ4v) is 2.05. The second kappa shape index (κ2) is 7.29. The molecule has 1 unspecified atom stereocenters. The van der Waals surface area contributed by atoms with E-state index in [2.05, 4.69) is 50.0 Å². The molecule has 0 aromatic heterocycles. The van der Waals surface area contributed by atoms with Crippen LogP contribution in [0.1, 0.15) is 37.3 Å². The molecule has 1 rings (SSSR count). The molecule has 0 bridgehead atoms. The molecule has 0 fully saturated rings. The van der Waals surface area contributed by atoms with Gasteiger partial charge in [-0.2, -0.15) is 0 Å². The molecule has 1 aromatic rings. The van der Waals surface area contributed by atoms with Crippen molar-refractivity contribution in [3.63, 3.8) is 0 Å². The fraction of sp³-hybridized carbons (Fsp3) is 0.500. The second-order valence-corrected chi connectivity index (χ2v) is 4.82. The molecule has 0 aliphatic heterocycles. The van der Waals surface area contributed by atoms with Gasteiger partial charge in [0.05, 0.1) is 0 Å². The Hall–Kier alpha value is -1.08. The Balaban J connectivity index is 2.44. The predicted molar refractivity (Wildman–Crippen MR) is 76.4 cm³/mol. The molecule has 0 spiro atoms. The zero-order chi connectivity index (χ0) is 12.7. The highest BCUT2D eigenvalue weighted by atomic mass is 14.9. The van der Waals surface area contributed by atoms with Gasteiger partial charge in [-0.25, -0.2) is 0 Å². The molecule has 1 atom stereocenters. The van der Waals surface area contributed by atoms with Gasteiger partial charge >= 0.3 is 0 Å². The van der Waals surface area contributed by atoms with Gasteiger partial charge in [-0.1, -0.05) is 48.9 Å². The average molecular weight is 231 g/mol. The Morgan fingerprint density at radius 1 is 1.41 bits per heavy atom. The third-order valence-corrected chi connectivity index (χ3v) is 3.31. The first-order chi connectivity index (χ1) is 8.15. The molecule has 17 heavy (non-hydrogen) atoms. The summed E-state index contributed by atoms with van der Waals surface area (Å²) in [7, 11) is 2.05. The van der Waals surface area contributed by atoms with Gasteiger partial charge in [0.25, 0.3) is 0 Å². The summed E-state index contributed by atoms with van der Waals surface area (Å²) in [4.78, 5) is 0. The lowest BCUT2D eigenvalue weighted by Gasteiger charge is -2.17. The molecule has 1 N–H and O–H groups in total. The van der Waals surface area contributed by atoms with E-state index in [1.54, 1.807) is 0 Å². The first-order valence-corrected chi connectivity index (χ1v) is 6.55. The topological polar surface area (TPSA) is 12.0 Å². The summed E-state index contributed by atoms with van der Waals surface area (Å²) in [5, 5.41) is 3.39. The predicted octanol–water partition coefficient (Wildman–Crippen LogP) is 3.87. The monoisotopic (exact) mass is 231 g/mol.